The van der Waals surface area contributed by atoms with Gasteiger partial charge in [-0.1, -0.05) is 24.3 Å². The molecule has 3 unspecified atom stereocenters. The normalized spacial score (nSPS) is 36.8. The van der Waals surface area contributed by atoms with Crippen LogP contribution in [0.2, 0.25) is 0 Å². The number of amides is 2. The van der Waals surface area contributed by atoms with Crippen LogP contribution in [-0.4, -0.2) is 35.3 Å². The third-order valence-electron chi connectivity index (χ3n) is 3.56. The van der Waals surface area contributed by atoms with E-state index in [-0.39, 0.29) is 29.8 Å². The van der Waals surface area contributed by atoms with Gasteiger partial charge in [0.25, 0.3) is 0 Å². The van der Waals surface area contributed by atoms with Gasteiger partial charge in [-0.05, 0) is 12.8 Å². The van der Waals surface area contributed by atoms with Gasteiger partial charge in [0.1, 0.15) is 6.04 Å². The van der Waals surface area contributed by atoms with Crippen LogP contribution in [0.4, 0.5) is 0 Å². The number of carbonyl (C=O) groups excluding carboxylic acids is 2. The number of carbonyl (C=O) groups is 2. The molecular weight excluding hydrogens is 204 g/mol. The fourth-order valence-electron chi connectivity index (χ4n) is 2.70. The van der Waals surface area contributed by atoms with Crippen LogP contribution in [0.25, 0.3) is 0 Å². The zero-order valence-electron chi connectivity index (χ0n) is 8.93. The summed E-state index contributed by atoms with van der Waals surface area (Å²) in [7, 11) is 0. The molecule has 4 nitrogen and oxygen atoms in total. The Bertz CT molecular complexity index is 400. The lowest BCUT2D eigenvalue weighted by atomic mass is 9.89. The summed E-state index contributed by atoms with van der Waals surface area (Å²) in [5, 5.41) is 2.94. The first-order chi connectivity index (χ1) is 7.77. The second-order valence-corrected chi connectivity index (χ2v) is 4.51. The summed E-state index contributed by atoms with van der Waals surface area (Å²) in [4.78, 5) is 25.9. The Morgan fingerprint density at radius 3 is 3.00 bits per heavy atom. The zero-order chi connectivity index (χ0) is 11.1. The highest BCUT2D eigenvalue weighted by Gasteiger charge is 2.42. The number of hydrogen-bond donors (Lipinski definition) is 1. The molecule has 1 saturated heterocycles. The molecule has 3 atom stereocenters. The van der Waals surface area contributed by atoms with Crippen molar-refractivity contribution in [3.63, 3.8) is 0 Å². The number of nitrogens with one attached hydrogen (secondary N) is 1. The van der Waals surface area contributed by atoms with E-state index in [1.165, 1.54) is 0 Å². The minimum absolute atomic E-state index is 0.0545. The number of hydrogen-bond acceptors (Lipinski definition) is 2. The first-order valence-corrected chi connectivity index (χ1v) is 5.71. The monoisotopic (exact) mass is 218 g/mol. The predicted octanol–water partition coefficient (Wildman–Crippen LogP) is 0.218. The number of fused-ring (bicyclic) bond motifs is 2. The molecule has 0 saturated carbocycles. The molecule has 4 heteroatoms. The van der Waals surface area contributed by atoms with Gasteiger partial charge in [0.05, 0.1) is 12.0 Å². The summed E-state index contributed by atoms with van der Waals surface area (Å²) in [6.07, 6.45) is 9.46. The molecule has 0 bridgehead atoms. The van der Waals surface area contributed by atoms with Crippen LogP contribution in [0.3, 0.4) is 0 Å². The summed E-state index contributed by atoms with van der Waals surface area (Å²) in [5.74, 6) is -0.0114. The Morgan fingerprint density at radius 1 is 1.25 bits per heavy atom. The van der Waals surface area contributed by atoms with Gasteiger partial charge in [-0.25, -0.2) is 0 Å². The first kappa shape index (κ1) is 9.63. The van der Waals surface area contributed by atoms with Crippen molar-refractivity contribution in [2.75, 3.05) is 6.54 Å². The molecule has 0 aromatic heterocycles. The minimum atomic E-state index is -0.383. The van der Waals surface area contributed by atoms with Gasteiger partial charge in [-0.3, -0.25) is 9.59 Å². The van der Waals surface area contributed by atoms with Crippen LogP contribution in [0.15, 0.2) is 24.3 Å². The van der Waals surface area contributed by atoms with Gasteiger partial charge in [0.2, 0.25) is 11.8 Å². The Balaban J connectivity index is 1.96. The molecule has 84 valence electrons. The summed E-state index contributed by atoms with van der Waals surface area (Å²) in [6.45, 7) is 0.573. The topological polar surface area (TPSA) is 49.4 Å². The van der Waals surface area contributed by atoms with E-state index in [0.717, 1.165) is 12.8 Å². The Labute approximate surface area is 94.0 Å². The molecule has 0 radical (unpaired) electrons. The lowest BCUT2D eigenvalue weighted by Crippen LogP contribution is -2.42. The summed E-state index contributed by atoms with van der Waals surface area (Å²) in [5.41, 5.74) is 0. The average Bonchev–Trinajstić information content (AvgIpc) is 2.74. The number of rotatable bonds is 0. The van der Waals surface area contributed by atoms with E-state index in [9.17, 15) is 9.59 Å². The average molecular weight is 218 g/mol. The van der Waals surface area contributed by atoms with Crippen LogP contribution in [-0.2, 0) is 9.59 Å². The van der Waals surface area contributed by atoms with Crippen LogP contribution < -0.4 is 5.32 Å². The SMILES string of the molecule is O=C1NC2C=CCCC2C(=O)N2CC=CC12. The van der Waals surface area contributed by atoms with Crippen molar-refractivity contribution in [3.05, 3.63) is 24.3 Å². The van der Waals surface area contributed by atoms with Crippen molar-refractivity contribution in [1.29, 1.82) is 0 Å². The fourth-order valence-corrected chi connectivity index (χ4v) is 2.70. The number of nitrogens with zero attached hydrogens (tertiary/aromatic N) is 1. The quantitative estimate of drug-likeness (QED) is 0.591. The van der Waals surface area contributed by atoms with Crippen molar-refractivity contribution in [3.8, 4) is 0 Å². The van der Waals surface area contributed by atoms with E-state index >= 15 is 0 Å². The Hall–Kier alpha value is -1.58. The maximum Gasteiger partial charge on any atom is 0.247 e. The Morgan fingerprint density at radius 2 is 2.12 bits per heavy atom. The van der Waals surface area contributed by atoms with Crippen molar-refractivity contribution >= 4 is 11.8 Å². The summed E-state index contributed by atoms with van der Waals surface area (Å²) < 4.78 is 0. The van der Waals surface area contributed by atoms with Gasteiger partial charge in [-0.15, -0.1) is 0 Å². The molecule has 0 aromatic carbocycles. The highest BCUT2D eigenvalue weighted by atomic mass is 16.2. The molecule has 16 heavy (non-hydrogen) atoms. The van der Waals surface area contributed by atoms with Gasteiger partial charge in [-0.2, -0.15) is 0 Å². The van der Waals surface area contributed by atoms with E-state index < -0.39 is 0 Å². The van der Waals surface area contributed by atoms with Crippen molar-refractivity contribution in [2.24, 2.45) is 5.92 Å². The molecule has 2 amide bonds. The maximum absolute atomic E-state index is 12.3. The maximum atomic E-state index is 12.3. The fraction of sp³-hybridized carbons (Fsp3) is 0.500. The molecule has 1 fully saturated rings. The van der Waals surface area contributed by atoms with E-state index in [0.29, 0.717) is 6.54 Å². The smallest absolute Gasteiger partial charge is 0.247 e. The van der Waals surface area contributed by atoms with Crippen LogP contribution in [0.1, 0.15) is 12.8 Å². The van der Waals surface area contributed by atoms with Crippen LogP contribution >= 0.6 is 0 Å². The molecule has 3 rings (SSSR count). The molecule has 0 spiro atoms. The third kappa shape index (κ3) is 1.29. The molecular formula is C12H14N2O2. The molecule has 3 aliphatic rings. The van der Waals surface area contributed by atoms with Gasteiger partial charge in [0, 0.05) is 6.54 Å². The van der Waals surface area contributed by atoms with Gasteiger partial charge < -0.3 is 10.2 Å². The molecule has 1 N–H and O–H groups in total. The van der Waals surface area contributed by atoms with E-state index in [1.54, 1.807) is 4.90 Å². The van der Waals surface area contributed by atoms with E-state index in [1.807, 2.05) is 24.3 Å². The summed E-state index contributed by atoms with van der Waals surface area (Å²) in [6, 6.07) is -0.487. The van der Waals surface area contributed by atoms with Crippen LogP contribution in [0, 0.1) is 5.92 Å². The standard InChI is InChI=1S/C12H14N2O2/c15-11-10-6-3-7-14(10)12(16)8-4-1-2-5-9(8)13-11/h2-3,5-6,8-10H,1,4,7H2,(H,13,15). The highest BCUT2D eigenvalue weighted by molar-refractivity contribution is 5.94. The molecule has 0 aromatic rings. The van der Waals surface area contributed by atoms with E-state index in [2.05, 4.69) is 5.32 Å². The predicted molar refractivity (Wildman–Crippen MR) is 58.4 cm³/mol. The van der Waals surface area contributed by atoms with Crippen molar-refractivity contribution in [2.45, 2.75) is 24.9 Å². The molecule has 1 aliphatic carbocycles. The highest BCUT2D eigenvalue weighted by Crippen LogP contribution is 2.27. The van der Waals surface area contributed by atoms with E-state index in [4.69, 9.17) is 0 Å². The number of allylic oxidation sites excluding steroid dienone is 1. The zero-order valence-corrected chi connectivity index (χ0v) is 8.93. The molecule has 2 heterocycles. The van der Waals surface area contributed by atoms with Gasteiger partial charge in [0.15, 0.2) is 0 Å². The Kier molecular flexibility index (Phi) is 2.09. The molecule has 2 aliphatic heterocycles. The first-order valence-electron chi connectivity index (χ1n) is 5.71. The minimum Gasteiger partial charge on any atom is -0.347 e. The lowest BCUT2D eigenvalue weighted by Gasteiger charge is -2.26. The van der Waals surface area contributed by atoms with Gasteiger partial charge >= 0.3 is 0 Å². The largest absolute Gasteiger partial charge is 0.347 e. The lowest BCUT2D eigenvalue weighted by molar-refractivity contribution is -0.138. The second-order valence-electron chi connectivity index (χ2n) is 4.51. The summed E-state index contributed by atoms with van der Waals surface area (Å²) >= 11 is 0. The van der Waals surface area contributed by atoms with Crippen LogP contribution in [0.5, 0.6) is 0 Å². The second kappa shape index (κ2) is 3.47. The van der Waals surface area contributed by atoms with Crippen molar-refractivity contribution < 1.29 is 9.59 Å². The third-order valence-corrected chi connectivity index (χ3v) is 3.56. The van der Waals surface area contributed by atoms with Crippen molar-refractivity contribution in [1.82, 2.24) is 10.2 Å².